The van der Waals surface area contributed by atoms with E-state index < -0.39 is 16.2 Å². The van der Waals surface area contributed by atoms with E-state index in [1.54, 1.807) is 0 Å². The molecule has 0 aliphatic rings. The van der Waals surface area contributed by atoms with Crippen molar-refractivity contribution in [3.05, 3.63) is 0 Å². The fourth-order valence-electron chi connectivity index (χ4n) is 0.457. The predicted molar refractivity (Wildman–Crippen MR) is 36.6 cm³/mol. The van der Waals surface area contributed by atoms with Gasteiger partial charge in [-0.05, 0) is 6.92 Å². The van der Waals surface area contributed by atoms with Crippen molar-refractivity contribution in [3.8, 4) is 0 Å². The summed E-state index contributed by atoms with van der Waals surface area (Å²) in [5, 5.41) is 2.23. The van der Waals surface area contributed by atoms with Gasteiger partial charge >= 0.3 is 0 Å². The highest BCUT2D eigenvalue weighted by Crippen LogP contribution is 1.77. The highest BCUT2D eigenvalue weighted by atomic mass is 32.2. The van der Waals surface area contributed by atoms with Gasteiger partial charge in [0, 0.05) is 0 Å². The van der Waals surface area contributed by atoms with E-state index in [1.165, 1.54) is 6.92 Å². The standard InChI is InChI=1S/C4H10N2O3S/c1-4(5-3-7)6-10(2,8)9/h3-4,6H,1-2H3,(H,5,7). The van der Waals surface area contributed by atoms with E-state index in [1.807, 2.05) is 0 Å². The van der Waals surface area contributed by atoms with Crippen molar-refractivity contribution in [2.75, 3.05) is 6.26 Å². The molecule has 0 heterocycles. The molecule has 0 fully saturated rings. The number of nitrogens with one attached hydrogen (secondary N) is 2. The number of amides is 1. The van der Waals surface area contributed by atoms with Gasteiger partial charge in [0.1, 0.15) is 0 Å². The van der Waals surface area contributed by atoms with Crippen LogP contribution in [0.25, 0.3) is 0 Å². The van der Waals surface area contributed by atoms with Crippen LogP contribution in [0.3, 0.4) is 0 Å². The summed E-state index contributed by atoms with van der Waals surface area (Å²) in [7, 11) is -3.22. The Hall–Kier alpha value is -0.620. The molecule has 1 amide bonds. The second-order valence-corrected chi connectivity index (χ2v) is 3.68. The Kier molecular flexibility index (Phi) is 3.31. The van der Waals surface area contributed by atoms with Crippen molar-refractivity contribution < 1.29 is 13.2 Å². The molecule has 0 aliphatic carbocycles. The zero-order chi connectivity index (χ0) is 8.20. The van der Waals surface area contributed by atoms with Gasteiger partial charge in [0.15, 0.2) is 0 Å². The molecule has 5 nitrogen and oxygen atoms in total. The Morgan fingerprint density at radius 3 is 2.30 bits per heavy atom. The lowest BCUT2D eigenvalue weighted by atomic mass is 10.6. The van der Waals surface area contributed by atoms with E-state index in [0.29, 0.717) is 6.41 Å². The van der Waals surface area contributed by atoms with Crippen LogP contribution in [0.1, 0.15) is 6.92 Å². The SMILES string of the molecule is CC(NC=O)NS(C)(=O)=O. The normalized spacial score (nSPS) is 14.2. The molecule has 10 heavy (non-hydrogen) atoms. The summed E-state index contributed by atoms with van der Waals surface area (Å²) in [6.45, 7) is 1.52. The number of carbonyl (C=O) groups is 1. The monoisotopic (exact) mass is 166 g/mol. The van der Waals surface area contributed by atoms with Crippen molar-refractivity contribution in [1.82, 2.24) is 10.0 Å². The first-order valence-electron chi connectivity index (χ1n) is 2.62. The van der Waals surface area contributed by atoms with Gasteiger partial charge in [0.2, 0.25) is 16.4 Å². The van der Waals surface area contributed by atoms with E-state index in [2.05, 4.69) is 10.0 Å². The Labute approximate surface area is 59.9 Å². The summed E-state index contributed by atoms with van der Waals surface area (Å²) >= 11 is 0. The fraction of sp³-hybridized carbons (Fsp3) is 0.750. The zero-order valence-electron chi connectivity index (χ0n) is 5.79. The first-order chi connectivity index (χ1) is 4.45. The Morgan fingerprint density at radius 2 is 2.00 bits per heavy atom. The molecule has 1 atom stereocenters. The van der Waals surface area contributed by atoms with Gasteiger partial charge in [-0.15, -0.1) is 0 Å². The molecule has 6 heteroatoms. The van der Waals surface area contributed by atoms with Crippen LogP contribution in [0.2, 0.25) is 0 Å². The molecule has 0 aromatic heterocycles. The van der Waals surface area contributed by atoms with Crippen LogP contribution in [0.4, 0.5) is 0 Å². The fourth-order valence-corrected chi connectivity index (χ4v) is 1.17. The lowest BCUT2D eigenvalue weighted by molar-refractivity contribution is -0.110. The molecule has 0 aliphatic heterocycles. The molecule has 0 saturated carbocycles. The molecule has 0 aromatic carbocycles. The first kappa shape index (κ1) is 9.38. The largest absolute Gasteiger partial charge is 0.343 e. The molecule has 0 rings (SSSR count). The summed E-state index contributed by atoms with van der Waals surface area (Å²) in [6, 6.07) is 0. The molecule has 0 spiro atoms. The van der Waals surface area contributed by atoms with Crippen molar-refractivity contribution in [2.24, 2.45) is 0 Å². The maximum absolute atomic E-state index is 10.4. The molecule has 0 bridgehead atoms. The van der Waals surface area contributed by atoms with Crippen molar-refractivity contribution in [2.45, 2.75) is 13.1 Å². The van der Waals surface area contributed by atoms with Crippen molar-refractivity contribution in [3.63, 3.8) is 0 Å². The van der Waals surface area contributed by atoms with Crippen LogP contribution in [0.5, 0.6) is 0 Å². The van der Waals surface area contributed by atoms with Crippen molar-refractivity contribution in [1.29, 1.82) is 0 Å². The molecule has 0 aromatic rings. The van der Waals surface area contributed by atoms with Crippen LogP contribution in [-0.4, -0.2) is 27.2 Å². The van der Waals surface area contributed by atoms with Crippen LogP contribution in [0.15, 0.2) is 0 Å². The minimum atomic E-state index is -3.22. The van der Waals surface area contributed by atoms with E-state index >= 15 is 0 Å². The Balaban J connectivity index is 3.80. The van der Waals surface area contributed by atoms with Crippen molar-refractivity contribution >= 4 is 16.4 Å². The lowest BCUT2D eigenvalue weighted by Gasteiger charge is -2.09. The van der Waals surface area contributed by atoms with E-state index in [4.69, 9.17) is 0 Å². The summed E-state index contributed by atoms with van der Waals surface area (Å²) in [5.74, 6) is 0. The average molecular weight is 166 g/mol. The van der Waals surface area contributed by atoms with Gasteiger partial charge in [-0.1, -0.05) is 0 Å². The average Bonchev–Trinajstić information content (AvgIpc) is 1.59. The highest BCUT2D eigenvalue weighted by molar-refractivity contribution is 7.88. The van der Waals surface area contributed by atoms with Gasteiger partial charge in [-0.2, -0.15) is 4.72 Å². The Morgan fingerprint density at radius 1 is 1.50 bits per heavy atom. The molecule has 0 saturated heterocycles. The molecule has 2 N–H and O–H groups in total. The number of hydrogen-bond donors (Lipinski definition) is 2. The topological polar surface area (TPSA) is 75.3 Å². The summed E-state index contributed by atoms with van der Waals surface area (Å²) in [6.07, 6.45) is 0.909. The maximum atomic E-state index is 10.4. The molecule has 0 radical (unpaired) electrons. The third-order valence-electron chi connectivity index (χ3n) is 0.709. The van der Waals surface area contributed by atoms with Gasteiger partial charge in [-0.3, -0.25) is 4.79 Å². The summed E-state index contributed by atoms with van der Waals surface area (Å²) in [5.41, 5.74) is 0. The van der Waals surface area contributed by atoms with Crippen LogP contribution in [0, 0.1) is 0 Å². The second kappa shape index (κ2) is 3.52. The Bertz CT molecular complexity index is 199. The van der Waals surface area contributed by atoms with Gasteiger partial charge in [0.05, 0.1) is 12.4 Å². The van der Waals surface area contributed by atoms with Crippen LogP contribution in [-0.2, 0) is 14.8 Å². The van der Waals surface area contributed by atoms with E-state index in [0.717, 1.165) is 6.26 Å². The lowest BCUT2D eigenvalue weighted by Crippen LogP contribution is -2.41. The number of sulfonamides is 1. The number of hydrogen-bond acceptors (Lipinski definition) is 3. The quantitative estimate of drug-likeness (QED) is 0.399. The van der Waals surface area contributed by atoms with Gasteiger partial charge < -0.3 is 5.32 Å². The third kappa shape index (κ3) is 5.52. The molecular weight excluding hydrogens is 156 g/mol. The smallest absolute Gasteiger partial charge is 0.210 e. The number of carbonyl (C=O) groups excluding carboxylic acids is 1. The third-order valence-corrected chi connectivity index (χ3v) is 1.49. The highest BCUT2D eigenvalue weighted by Gasteiger charge is 2.05. The first-order valence-corrected chi connectivity index (χ1v) is 4.52. The molecular formula is C4H10N2O3S. The van der Waals surface area contributed by atoms with E-state index in [-0.39, 0.29) is 0 Å². The second-order valence-electron chi connectivity index (χ2n) is 1.90. The maximum Gasteiger partial charge on any atom is 0.210 e. The molecule has 60 valence electrons. The van der Waals surface area contributed by atoms with Gasteiger partial charge in [0.25, 0.3) is 0 Å². The minimum absolute atomic E-state index is 0.433. The minimum Gasteiger partial charge on any atom is -0.343 e. The van der Waals surface area contributed by atoms with Crippen LogP contribution >= 0.6 is 0 Å². The number of rotatable bonds is 4. The summed E-state index contributed by atoms with van der Waals surface area (Å²) < 4.78 is 23.0. The molecule has 1 unspecified atom stereocenters. The van der Waals surface area contributed by atoms with Crippen LogP contribution < -0.4 is 10.0 Å². The zero-order valence-corrected chi connectivity index (χ0v) is 6.60. The predicted octanol–water partition coefficient (Wildman–Crippen LogP) is -1.37. The van der Waals surface area contributed by atoms with Gasteiger partial charge in [-0.25, -0.2) is 8.42 Å². The van der Waals surface area contributed by atoms with E-state index in [9.17, 15) is 13.2 Å². The summed E-state index contributed by atoms with van der Waals surface area (Å²) in [4.78, 5) is 9.76.